The quantitative estimate of drug-likeness (QED) is 0.788. The van der Waals surface area contributed by atoms with Gasteiger partial charge in [-0.25, -0.2) is 18.2 Å². The first-order valence-corrected chi connectivity index (χ1v) is 7.44. The summed E-state index contributed by atoms with van der Waals surface area (Å²) in [5.74, 6) is -2.39. The summed E-state index contributed by atoms with van der Waals surface area (Å²) in [6.45, 7) is 0. The molecule has 1 amide bonds. The number of imidazole rings is 1. The van der Waals surface area contributed by atoms with E-state index in [1.165, 1.54) is 24.3 Å². The Hall–Kier alpha value is -3.09. The van der Waals surface area contributed by atoms with Gasteiger partial charge < -0.3 is 9.88 Å². The van der Waals surface area contributed by atoms with Gasteiger partial charge in [0.1, 0.15) is 29.3 Å². The Bertz CT molecular complexity index is 906. The smallest absolute Gasteiger partial charge is 0.255 e. The standard InChI is InChI=1S/C18H14F3N3O/c1-24-9-8-22-17(24)16(11-2-4-12(19)5-3-11)23-18(25)14-7-6-13(20)10-15(14)21/h2-10,16H,1H3,(H,23,25). The number of hydrogen-bond acceptors (Lipinski definition) is 2. The van der Waals surface area contributed by atoms with E-state index >= 15 is 0 Å². The van der Waals surface area contributed by atoms with E-state index in [2.05, 4.69) is 10.3 Å². The van der Waals surface area contributed by atoms with Gasteiger partial charge in [-0.2, -0.15) is 0 Å². The normalized spacial score (nSPS) is 12.0. The van der Waals surface area contributed by atoms with Crippen LogP contribution in [0.2, 0.25) is 0 Å². The van der Waals surface area contributed by atoms with E-state index in [0.717, 1.165) is 12.1 Å². The van der Waals surface area contributed by atoms with Crippen LogP contribution in [-0.4, -0.2) is 15.5 Å². The number of amides is 1. The fraction of sp³-hybridized carbons (Fsp3) is 0.111. The summed E-state index contributed by atoms with van der Waals surface area (Å²) in [7, 11) is 1.74. The van der Waals surface area contributed by atoms with Gasteiger partial charge >= 0.3 is 0 Å². The molecule has 0 aliphatic carbocycles. The van der Waals surface area contributed by atoms with Crippen molar-refractivity contribution in [1.29, 1.82) is 0 Å². The molecule has 0 spiro atoms. The van der Waals surface area contributed by atoms with Gasteiger partial charge in [-0.1, -0.05) is 12.1 Å². The van der Waals surface area contributed by atoms with Crippen molar-refractivity contribution in [1.82, 2.24) is 14.9 Å². The molecule has 128 valence electrons. The van der Waals surface area contributed by atoms with Gasteiger partial charge in [-0.3, -0.25) is 4.79 Å². The van der Waals surface area contributed by atoms with Gasteiger partial charge in [0, 0.05) is 25.5 Å². The van der Waals surface area contributed by atoms with E-state index in [9.17, 15) is 18.0 Å². The predicted octanol–water partition coefficient (Wildman–Crippen LogP) is 3.36. The largest absolute Gasteiger partial charge is 0.338 e. The van der Waals surface area contributed by atoms with Crippen molar-refractivity contribution >= 4 is 5.91 Å². The first kappa shape index (κ1) is 16.8. The monoisotopic (exact) mass is 345 g/mol. The van der Waals surface area contributed by atoms with Crippen molar-refractivity contribution in [2.45, 2.75) is 6.04 Å². The molecule has 0 aliphatic heterocycles. The maximum Gasteiger partial charge on any atom is 0.255 e. The van der Waals surface area contributed by atoms with E-state index in [4.69, 9.17) is 0 Å². The molecular weight excluding hydrogens is 331 g/mol. The molecule has 25 heavy (non-hydrogen) atoms. The molecule has 1 N–H and O–H groups in total. The number of benzene rings is 2. The molecule has 1 atom stereocenters. The van der Waals surface area contributed by atoms with Crippen LogP contribution >= 0.6 is 0 Å². The Kier molecular flexibility index (Phi) is 4.56. The highest BCUT2D eigenvalue weighted by molar-refractivity contribution is 5.94. The van der Waals surface area contributed by atoms with Crippen molar-refractivity contribution in [3.05, 3.63) is 89.3 Å². The maximum absolute atomic E-state index is 13.9. The lowest BCUT2D eigenvalue weighted by atomic mass is 10.0. The molecule has 1 aromatic heterocycles. The number of nitrogens with zero attached hydrogens (tertiary/aromatic N) is 2. The molecule has 4 nitrogen and oxygen atoms in total. The molecule has 1 unspecified atom stereocenters. The zero-order valence-corrected chi connectivity index (χ0v) is 13.2. The topological polar surface area (TPSA) is 46.9 Å². The SMILES string of the molecule is Cn1ccnc1C(NC(=O)c1ccc(F)cc1F)c1ccc(F)cc1. The van der Waals surface area contributed by atoms with Crippen LogP contribution in [0.1, 0.15) is 27.8 Å². The lowest BCUT2D eigenvalue weighted by Crippen LogP contribution is -2.31. The molecule has 0 saturated carbocycles. The predicted molar refractivity (Wildman–Crippen MR) is 85.3 cm³/mol. The zero-order valence-electron chi connectivity index (χ0n) is 13.2. The summed E-state index contributed by atoms with van der Waals surface area (Å²) in [4.78, 5) is 16.6. The van der Waals surface area contributed by atoms with Crippen LogP contribution < -0.4 is 5.32 Å². The Labute approximate surface area is 141 Å². The van der Waals surface area contributed by atoms with Crippen molar-refractivity contribution in [3.8, 4) is 0 Å². The Morgan fingerprint density at radius 1 is 1.08 bits per heavy atom. The molecule has 2 aromatic carbocycles. The third kappa shape index (κ3) is 3.55. The molecule has 1 heterocycles. The number of carbonyl (C=O) groups excluding carboxylic acids is 1. The van der Waals surface area contributed by atoms with Crippen molar-refractivity contribution < 1.29 is 18.0 Å². The highest BCUT2D eigenvalue weighted by Crippen LogP contribution is 2.22. The first-order valence-electron chi connectivity index (χ1n) is 7.44. The minimum absolute atomic E-state index is 0.289. The van der Waals surface area contributed by atoms with E-state index in [1.807, 2.05) is 0 Å². The number of aromatic nitrogens is 2. The van der Waals surface area contributed by atoms with Gasteiger partial charge in [0.05, 0.1) is 5.56 Å². The van der Waals surface area contributed by atoms with Gasteiger partial charge in [-0.05, 0) is 29.8 Å². The summed E-state index contributed by atoms with van der Waals surface area (Å²) in [6.07, 6.45) is 3.24. The second-order valence-electron chi connectivity index (χ2n) is 5.48. The van der Waals surface area contributed by atoms with Crippen LogP contribution in [0.3, 0.4) is 0 Å². The van der Waals surface area contributed by atoms with Crippen molar-refractivity contribution in [3.63, 3.8) is 0 Å². The van der Waals surface area contributed by atoms with Crippen LogP contribution in [-0.2, 0) is 7.05 Å². The number of aryl methyl sites for hydroxylation is 1. The first-order chi connectivity index (χ1) is 12.0. The minimum atomic E-state index is -0.963. The van der Waals surface area contributed by atoms with Crippen LogP contribution in [0, 0.1) is 17.5 Å². The van der Waals surface area contributed by atoms with Crippen molar-refractivity contribution in [2.24, 2.45) is 7.05 Å². The van der Waals surface area contributed by atoms with Gasteiger partial charge in [0.25, 0.3) is 5.91 Å². The second kappa shape index (κ2) is 6.80. The highest BCUT2D eigenvalue weighted by Gasteiger charge is 2.23. The second-order valence-corrected chi connectivity index (χ2v) is 5.48. The number of rotatable bonds is 4. The number of halogens is 3. The maximum atomic E-state index is 13.9. The van der Waals surface area contributed by atoms with Gasteiger partial charge in [-0.15, -0.1) is 0 Å². The summed E-state index contributed by atoms with van der Waals surface area (Å²) < 4.78 is 41.8. The Balaban J connectivity index is 1.96. The molecule has 3 rings (SSSR count). The van der Waals surface area contributed by atoms with Crippen LogP contribution in [0.25, 0.3) is 0 Å². The molecule has 0 aliphatic rings. The Morgan fingerprint density at radius 3 is 2.36 bits per heavy atom. The molecule has 0 bridgehead atoms. The number of hydrogen-bond donors (Lipinski definition) is 1. The minimum Gasteiger partial charge on any atom is -0.338 e. The van der Waals surface area contributed by atoms with Gasteiger partial charge in [0.2, 0.25) is 0 Å². The average molecular weight is 345 g/mol. The fourth-order valence-electron chi connectivity index (χ4n) is 2.49. The molecular formula is C18H14F3N3O. The highest BCUT2D eigenvalue weighted by atomic mass is 19.1. The lowest BCUT2D eigenvalue weighted by Gasteiger charge is -2.19. The average Bonchev–Trinajstić information content (AvgIpc) is 2.99. The summed E-state index contributed by atoms with van der Waals surface area (Å²) in [5.41, 5.74) is 0.286. The number of nitrogens with one attached hydrogen (secondary N) is 1. The van der Waals surface area contributed by atoms with Crippen molar-refractivity contribution in [2.75, 3.05) is 0 Å². The molecule has 7 heteroatoms. The summed E-state index contributed by atoms with van der Waals surface area (Å²) >= 11 is 0. The van der Waals surface area contributed by atoms with E-state index in [-0.39, 0.29) is 5.56 Å². The lowest BCUT2D eigenvalue weighted by molar-refractivity contribution is 0.0937. The molecule has 0 radical (unpaired) electrons. The van der Waals surface area contributed by atoms with Crippen LogP contribution in [0.4, 0.5) is 13.2 Å². The third-order valence-electron chi connectivity index (χ3n) is 3.77. The zero-order chi connectivity index (χ0) is 18.0. The van der Waals surface area contributed by atoms with E-state index in [0.29, 0.717) is 17.5 Å². The van der Waals surface area contributed by atoms with E-state index in [1.54, 1.807) is 24.0 Å². The Morgan fingerprint density at radius 2 is 1.76 bits per heavy atom. The number of carbonyl (C=O) groups is 1. The van der Waals surface area contributed by atoms with Crippen LogP contribution in [0.5, 0.6) is 0 Å². The third-order valence-corrected chi connectivity index (χ3v) is 3.77. The van der Waals surface area contributed by atoms with Crippen LogP contribution in [0.15, 0.2) is 54.9 Å². The molecule has 0 saturated heterocycles. The van der Waals surface area contributed by atoms with E-state index < -0.39 is 29.4 Å². The molecule has 3 aromatic rings. The summed E-state index contributed by atoms with van der Waals surface area (Å²) in [6, 6.07) is 7.53. The summed E-state index contributed by atoms with van der Waals surface area (Å²) in [5, 5.41) is 2.67. The fourth-order valence-corrected chi connectivity index (χ4v) is 2.49. The molecule has 0 fully saturated rings. The van der Waals surface area contributed by atoms with Gasteiger partial charge in [0.15, 0.2) is 0 Å².